The van der Waals surface area contributed by atoms with Gasteiger partial charge in [0.1, 0.15) is 0 Å². The zero-order chi connectivity index (χ0) is 13.4. The second-order valence-corrected chi connectivity index (χ2v) is 5.77. The number of allylic oxidation sites excluding steroid dienone is 2. The van der Waals surface area contributed by atoms with Gasteiger partial charge in [0.25, 0.3) is 0 Å². The monoisotopic (exact) mass is 266 g/mol. The standard InChI is InChI=1S/C20H18.Li.H/c1-3-7-19-15(5-1)9-11-17(19)13-14-18-12-10-16-6-2-4-8-20(16)18;;/h1-12,17-18H,13-14H2;;/q;+1;-1. The third kappa shape index (κ3) is 2.67. The number of hydrogen-bond acceptors (Lipinski definition) is 0. The first-order valence-electron chi connectivity index (χ1n) is 7.46. The molecule has 1 heteroatoms. The van der Waals surface area contributed by atoms with E-state index in [0.717, 1.165) is 0 Å². The maximum Gasteiger partial charge on any atom is 1.00 e. The van der Waals surface area contributed by atoms with Crippen LogP contribution >= 0.6 is 0 Å². The van der Waals surface area contributed by atoms with Crippen molar-refractivity contribution in [3.63, 3.8) is 0 Å². The van der Waals surface area contributed by atoms with E-state index in [9.17, 15) is 0 Å². The van der Waals surface area contributed by atoms with Crippen LogP contribution < -0.4 is 18.9 Å². The first-order chi connectivity index (χ1) is 9.92. The van der Waals surface area contributed by atoms with Crippen LogP contribution in [-0.4, -0.2) is 0 Å². The van der Waals surface area contributed by atoms with Crippen molar-refractivity contribution in [1.82, 2.24) is 0 Å². The SMILES string of the molecule is C1=CC(CCC2C=Cc3ccccc32)c2ccccc21.[H-].[Li+]. The van der Waals surface area contributed by atoms with E-state index in [2.05, 4.69) is 72.8 Å². The van der Waals surface area contributed by atoms with Crippen LogP contribution in [0.1, 0.15) is 48.4 Å². The molecule has 2 unspecified atom stereocenters. The molecule has 0 saturated heterocycles. The Morgan fingerprint density at radius 1 is 0.667 bits per heavy atom. The molecular formula is C20H19Li. The smallest absolute Gasteiger partial charge is 1.00 e. The van der Waals surface area contributed by atoms with Crippen LogP contribution in [0.4, 0.5) is 0 Å². The zero-order valence-electron chi connectivity index (χ0n) is 13.5. The Hall–Kier alpha value is -1.48. The maximum atomic E-state index is 2.37. The fourth-order valence-corrected chi connectivity index (χ4v) is 3.51. The van der Waals surface area contributed by atoms with Crippen LogP contribution in [0.5, 0.6) is 0 Å². The summed E-state index contributed by atoms with van der Waals surface area (Å²) in [7, 11) is 0. The van der Waals surface area contributed by atoms with Crippen LogP contribution in [0.2, 0.25) is 0 Å². The van der Waals surface area contributed by atoms with Crippen molar-refractivity contribution < 1.29 is 20.3 Å². The number of hydrogen-bond donors (Lipinski definition) is 0. The molecule has 2 aromatic rings. The molecule has 0 heterocycles. The number of fused-ring (bicyclic) bond motifs is 2. The van der Waals surface area contributed by atoms with E-state index in [0.29, 0.717) is 11.8 Å². The van der Waals surface area contributed by atoms with E-state index in [1.54, 1.807) is 0 Å². The third-order valence-corrected chi connectivity index (χ3v) is 4.60. The molecule has 21 heavy (non-hydrogen) atoms. The molecule has 0 spiro atoms. The van der Waals surface area contributed by atoms with Gasteiger partial charge in [-0.25, -0.2) is 0 Å². The Balaban J connectivity index is 0.000000882. The predicted octanol–water partition coefficient (Wildman–Crippen LogP) is 2.50. The summed E-state index contributed by atoms with van der Waals surface area (Å²) in [4.78, 5) is 0. The van der Waals surface area contributed by atoms with Crippen molar-refractivity contribution in [1.29, 1.82) is 0 Å². The van der Waals surface area contributed by atoms with Crippen LogP contribution in [0.25, 0.3) is 12.2 Å². The van der Waals surface area contributed by atoms with E-state index in [1.165, 1.54) is 35.1 Å². The average molecular weight is 266 g/mol. The Morgan fingerprint density at radius 2 is 1.10 bits per heavy atom. The van der Waals surface area contributed by atoms with E-state index in [-0.39, 0.29) is 20.3 Å². The van der Waals surface area contributed by atoms with Gasteiger partial charge in [-0.05, 0) is 35.1 Å². The van der Waals surface area contributed by atoms with Crippen molar-refractivity contribution in [3.05, 3.63) is 82.9 Å². The summed E-state index contributed by atoms with van der Waals surface area (Å²) in [5.74, 6) is 1.21. The van der Waals surface area contributed by atoms with Gasteiger partial charge in [0.2, 0.25) is 0 Å². The molecule has 0 aromatic heterocycles. The van der Waals surface area contributed by atoms with Crippen LogP contribution in [0, 0.1) is 0 Å². The molecule has 2 aliphatic rings. The largest absolute Gasteiger partial charge is 1.00 e. The first kappa shape index (κ1) is 14.5. The molecule has 0 fully saturated rings. The second-order valence-electron chi connectivity index (χ2n) is 5.77. The van der Waals surface area contributed by atoms with Gasteiger partial charge in [0.05, 0.1) is 0 Å². The molecule has 0 nitrogen and oxygen atoms in total. The fraction of sp³-hybridized carbons (Fsp3) is 0.200. The van der Waals surface area contributed by atoms with E-state index < -0.39 is 0 Å². The summed E-state index contributed by atoms with van der Waals surface area (Å²) >= 11 is 0. The van der Waals surface area contributed by atoms with Gasteiger partial charge in [-0.15, -0.1) is 0 Å². The minimum atomic E-state index is 0. The fourth-order valence-electron chi connectivity index (χ4n) is 3.51. The Kier molecular flexibility index (Phi) is 4.20. The van der Waals surface area contributed by atoms with E-state index >= 15 is 0 Å². The normalized spacial score (nSPS) is 21.0. The minimum absolute atomic E-state index is 0. The Bertz CT molecular complexity index is 641. The molecule has 0 saturated carbocycles. The third-order valence-electron chi connectivity index (χ3n) is 4.60. The molecule has 0 aliphatic heterocycles. The average Bonchev–Trinajstić information content (AvgIpc) is 3.09. The summed E-state index contributed by atoms with van der Waals surface area (Å²) in [6.45, 7) is 0. The van der Waals surface area contributed by atoms with Gasteiger partial charge < -0.3 is 1.43 Å². The summed E-state index contributed by atoms with van der Waals surface area (Å²) in [5.41, 5.74) is 5.81. The Labute approximate surface area is 140 Å². The van der Waals surface area contributed by atoms with Gasteiger partial charge in [-0.3, -0.25) is 0 Å². The van der Waals surface area contributed by atoms with Crippen molar-refractivity contribution in [2.24, 2.45) is 0 Å². The van der Waals surface area contributed by atoms with E-state index in [1.807, 2.05) is 0 Å². The number of rotatable bonds is 3. The topological polar surface area (TPSA) is 0 Å². The maximum absolute atomic E-state index is 2.37. The molecule has 4 rings (SSSR count). The van der Waals surface area contributed by atoms with Gasteiger partial charge in [-0.1, -0.05) is 72.8 Å². The van der Waals surface area contributed by atoms with Crippen molar-refractivity contribution in [3.8, 4) is 0 Å². The Morgan fingerprint density at radius 3 is 1.57 bits per heavy atom. The molecule has 2 aromatic carbocycles. The van der Waals surface area contributed by atoms with Gasteiger partial charge in [-0.2, -0.15) is 0 Å². The first-order valence-corrected chi connectivity index (χ1v) is 7.46. The van der Waals surface area contributed by atoms with Gasteiger partial charge >= 0.3 is 18.9 Å². The molecule has 100 valence electrons. The quantitative estimate of drug-likeness (QED) is 0.749. The molecule has 0 amide bonds. The molecule has 0 bridgehead atoms. The summed E-state index contributed by atoms with van der Waals surface area (Å²) < 4.78 is 0. The minimum Gasteiger partial charge on any atom is -1.00 e. The van der Waals surface area contributed by atoms with E-state index in [4.69, 9.17) is 0 Å². The van der Waals surface area contributed by atoms with Gasteiger partial charge in [0, 0.05) is 11.8 Å². The van der Waals surface area contributed by atoms with Crippen LogP contribution in [0.15, 0.2) is 60.7 Å². The van der Waals surface area contributed by atoms with Gasteiger partial charge in [0.15, 0.2) is 0 Å². The zero-order valence-corrected chi connectivity index (χ0v) is 12.5. The molecule has 2 aliphatic carbocycles. The molecular weight excluding hydrogens is 247 g/mol. The summed E-state index contributed by atoms with van der Waals surface area (Å²) in [5, 5.41) is 0. The molecule has 0 N–H and O–H groups in total. The van der Waals surface area contributed by atoms with Crippen LogP contribution in [0.3, 0.4) is 0 Å². The van der Waals surface area contributed by atoms with Crippen molar-refractivity contribution >= 4 is 12.2 Å². The molecule has 0 radical (unpaired) electrons. The number of benzene rings is 2. The molecule has 2 atom stereocenters. The van der Waals surface area contributed by atoms with Crippen LogP contribution in [-0.2, 0) is 0 Å². The second kappa shape index (κ2) is 6.10. The summed E-state index contributed by atoms with van der Waals surface area (Å²) in [6, 6.07) is 17.6. The van der Waals surface area contributed by atoms with Crippen molar-refractivity contribution in [2.45, 2.75) is 24.7 Å². The van der Waals surface area contributed by atoms with Crippen molar-refractivity contribution in [2.75, 3.05) is 0 Å². The summed E-state index contributed by atoms with van der Waals surface area (Å²) in [6.07, 6.45) is 11.8. The predicted molar refractivity (Wildman–Crippen MR) is 86.8 cm³/mol.